The zero-order chi connectivity index (χ0) is 13.8. The maximum atomic E-state index is 11.0. The van der Waals surface area contributed by atoms with Crippen molar-refractivity contribution in [3.63, 3.8) is 0 Å². The maximum absolute atomic E-state index is 11.0. The molecular formula is C13H11BrClN3O. The van der Waals surface area contributed by atoms with E-state index in [1.54, 1.807) is 6.92 Å². The monoisotopic (exact) mass is 339 g/mol. The molecule has 0 aliphatic heterocycles. The largest absolute Gasteiger partial charge is 0.365 e. The fourth-order valence-corrected chi connectivity index (χ4v) is 2.09. The standard InChI is InChI=1S/C13H11BrClN3O/c1-8-17-12(15)11(7-19)13(18-8)16-6-9-2-4-10(14)5-3-9/h2-5,7H,6H2,1H3,(H,16,17,18). The van der Waals surface area contributed by atoms with Crippen molar-refractivity contribution in [3.05, 3.63) is 50.8 Å². The number of carbonyl (C=O) groups excluding carboxylic acids is 1. The normalized spacial score (nSPS) is 10.3. The summed E-state index contributed by atoms with van der Waals surface area (Å²) in [5.74, 6) is 0.976. The fraction of sp³-hybridized carbons (Fsp3) is 0.154. The van der Waals surface area contributed by atoms with Crippen LogP contribution in [0.1, 0.15) is 21.7 Å². The quantitative estimate of drug-likeness (QED) is 0.682. The van der Waals surface area contributed by atoms with Gasteiger partial charge in [-0.3, -0.25) is 4.79 Å². The lowest BCUT2D eigenvalue weighted by Gasteiger charge is -2.09. The van der Waals surface area contributed by atoms with Gasteiger partial charge in [0, 0.05) is 11.0 Å². The van der Waals surface area contributed by atoms with Crippen LogP contribution in [-0.2, 0) is 6.54 Å². The predicted octanol–water partition coefficient (Wildman–Crippen LogP) is 3.63. The number of anilines is 1. The Morgan fingerprint density at radius 1 is 1.32 bits per heavy atom. The van der Waals surface area contributed by atoms with Gasteiger partial charge in [0.05, 0.1) is 5.56 Å². The van der Waals surface area contributed by atoms with Crippen molar-refractivity contribution < 1.29 is 4.79 Å². The molecular weight excluding hydrogens is 330 g/mol. The van der Waals surface area contributed by atoms with Gasteiger partial charge in [-0.2, -0.15) is 0 Å². The molecule has 0 saturated carbocycles. The third kappa shape index (κ3) is 3.52. The Morgan fingerprint density at radius 2 is 2.00 bits per heavy atom. The molecule has 0 amide bonds. The third-order valence-corrected chi connectivity index (χ3v) is 3.32. The van der Waals surface area contributed by atoms with Crippen molar-refractivity contribution in [2.45, 2.75) is 13.5 Å². The van der Waals surface area contributed by atoms with Crippen LogP contribution in [0.15, 0.2) is 28.7 Å². The molecule has 1 N–H and O–H groups in total. The molecule has 2 aromatic rings. The minimum atomic E-state index is 0.167. The van der Waals surface area contributed by atoms with Crippen molar-refractivity contribution >= 4 is 39.6 Å². The summed E-state index contributed by atoms with van der Waals surface area (Å²) in [7, 11) is 0. The molecule has 0 aliphatic carbocycles. The van der Waals surface area contributed by atoms with E-state index in [1.165, 1.54) is 0 Å². The molecule has 19 heavy (non-hydrogen) atoms. The highest BCUT2D eigenvalue weighted by atomic mass is 79.9. The first kappa shape index (κ1) is 14.0. The van der Waals surface area contributed by atoms with Gasteiger partial charge >= 0.3 is 0 Å². The van der Waals surface area contributed by atoms with Gasteiger partial charge in [-0.1, -0.05) is 39.7 Å². The lowest BCUT2D eigenvalue weighted by Crippen LogP contribution is -2.07. The van der Waals surface area contributed by atoms with Crippen LogP contribution >= 0.6 is 27.5 Å². The lowest BCUT2D eigenvalue weighted by atomic mass is 10.2. The summed E-state index contributed by atoms with van der Waals surface area (Å²) >= 11 is 9.29. The van der Waals surface area contributed by atoms with E-state index in [1.807, 2.05) is 24.3 Å². The highest BCUT2D eigenvalue weighted by molar-refractivity contribution is 9.10. The van der Waals surface area contributed by atoms with Crippen LogP contribution in [0.5, 0.6) is 0 Å². The molecule has 1 aromatic carbocycles. The van der Waals surface area contributed by atoms with E-state index in [2.05, 4.69) is 31.2 Å². The summed E-state index contributed by atoms with van der Waals surface area (Å²) < 4.78 is 1.02. The van der Waals surface area contributed by atoms with E-state index in [0.29, 0.717) is 24.5 Å². The molecule has 6 heteroatoms. The van der Waals surface area contributed by atoms with E-state index in [0.717, 1.165) is 10.0 Å². The number of nitrogens with one attached hydrogen (secondary N) is 1. The van der Waals surface area contributed by atoms with Crippen molar-refractivity contribution in [3.8, 4) is 0 Å². The van der Waals surface area contributed by atoms with E-state index < -0.39 is 0 Å². The first-order valence-electron chi connectivity index (χ1n) is 5.58. The SMILES string of the molecule is Cc1nc(Cl)c(C=O)c(NCc2ccc(Br)cc2)n1. The lowest BCUT2D eigenvalue weighted by molar-refractivity contribution is 0.112. The van der Waals surface area contributed by atoms with Crippen molar-refractivity contribution in [2.24, 2.45) is 0 Å². The second kappa shape index (κ2) is 6.12. The van der Waals surface area contributed by atoms with E-state index >= 15 is 0 Å². The second-order valence-corrected chi connectivity index (χ2v) is 5.20. The Hall–Kier alpha value is -1.46. The molecule has 2 rings (SSSR count). The molecule has 4 nitrogen and oxygen atoms in total. The van der Waals surface area contributed by atoms with Gasteiger partial charge in [0.25, 0.3) is 0 Å². The molecule has 0 spiro atoms. The molecule has 0 bridgehead atoms. The van der Waals surface area contributed by atoms with Crippen LogP contribution in [0.25, 0.3) is 0 Å². The molecule has 0 atom stereocenters. The first-order valence-corrected chi connectivity index (χ1v) is 6.75. The zero-order valence-electron chi connectivity index (χ0n) is 10.2. The number of aldehydes is 1. The number of benzene rings is 1. The zero-order valence-corrected chi connectivity index (χ0v) is 12.5. The first-order chi connectivity index (χ1) is 9.10. The van der Waals surface area contributed by atoms with E-state index in [-0.39, 0.29) is 10.7 Å². The maximum Gasteiger partial charge on any atom is 0.156 e. The highest BCUT2D eigenvalue weighted by Gasteiger charge is 2.10. The molecule has 98 valence electrons. The summed E-state index contributed by atoms with van der Waals surface area (Å²) in [5, 5.41) is 3.27. The van der Waals surface area contributed by atoms with Gasteiger partial charge in [-0.15, -0.1) is 0 Å². The molecule has 1 heterocycles. The summed E-state index contributed by atoms with van der Waals surface area (Å²) in [6.07, 6.45) is 0.658. The summed E-state index contributed by atoms with van der Waals surface area (Å²) in [6, 6.07) is 7.87. The van der Waals surface area contributed by atoms with Gasteiger partial charge in [0.1, 0.15) is 16.8 Å². The van der Waals surface area contributed by atoms with Crippen LogP contribution in [0.3, 0.4) is 0 Å². The minimum Gasteiger partial charge on any atom is -0.365 e. The number of aromatic nitrogens is 2. The summed E-state index contributed by atoms with van der Waals surface area (Å²) in [4.78, 5) is 19.1. The van der Waals surface area contributed by atoms with E-state index in [4.69, 9.17) is 11.6 Å². The van der Waals surface area contributed by atoms with Crippen LogP contribution in [0.4, 0.5) is 5.82 Å². The van der Waals surface area contributed by atoms with Crippen LogP contribution in [0.2, 0.25) is 5.15 Å². The topological polar surface area (TPSA) is 54.9 Å². The molecule has 0 saturated heterocycles. The Bertz CT molecular complexity index is 602. The predicted molar refractivity (Wildman–Crippen MR) is 78.6 cm³/mol. The van der Waals surface area contributed by atoms with Crippen molar-refractivity contribution in [2.75, 3.05) is 5.32 Å². The van der Waals surface area contributed by atoms with Gasteiger partial charge in [0.2, 0.25) is 0 Å². The number of carbonyl (C=O) groups is 1. The number of rotatable bonds is 4. The van der Waals surface area contributed by atoms with Gasteiger partial charge in [-0.25, -0.2) is 9.97 Å². The Morgan fingerprint density at radius 3 is 2.63 bits per heavy atom. The summed E-state index contributed by atoms with van der Waals surface area (Å²) in [5.41, 5.74) is 1.36. The van der Waals surface area contributed by atoms with Crippen LogP contribution in [0, 0.1) is 6.92 Å². The second-order valence-electron chi connectivity index (χ2n) is 3.92. The average Bonchev–Trinajstić information content (AvgIpc) is 2.37. The average molecular weight is 341 g/mol. The Balaban J connectivity index is 2.19. The van der Waals surface area contributed by atoms with Crippen LogP contribution in [-0.4, -0.2) is 16.3 Å². The molecule has 1 aromatic heterocycles. The molecule has 0 radical (unpaired) electrons. The van der Waals surface area contributed by atoms with Gasteiger partial charge in [-0.05, 0) is 24.6 Å². The van der Waals surface area contributed by atoms with Crippen molar-refractivity contribution in [1.82, 2.24) is 9.97 Å². The number of hydrogen-bond donors (Lipinski definition) is 1. The molecule has 0 unspecified atom stereocenters. The third-order valence-electron chi connectivity index (χ3n) is 2.50. The van der Waals surface area contributed by atoms with Gasteiger partial charge < -0.3 is 5.32 Å². The highest BCUT2D eigenvalue weighted by Crippen LogP contribution is 2.20. The minimum absolute atomic E-state index is 0.167. The fourth-order valence-electron chi connectivity index (χ4n) is 1.57. The molecule has 0 aliphatic rings. The Labute approximate surface area is 124 Å². The Kier molecular flexibility index (Phi) is 4.50. The molecule has 0 fully saturated rings. The van der Waals surface area contributed by atoms with Crippen LogP contribution < -0.4 is 5.32 Å². The smallest absolute Gasteiger partial charge is 0.156 e. The number of halogens is 2. The van der Waals surface area contributed by atoms with Crippen molar-refractivity contribution in [1.29, 1.82) is 0 Å². The number of aryl methyl sites for hydroxylation is 1. The van der Waals surface area contributed by atoms with E-state index in [9.17, 15) is 4.79 Å². The van der Waals surface area contributed by atoms with Gasteiger partial charge in [0.15, 0.2) is 6.29 Å². The number of nitrogens with zero attached hydrogens (tertiary/aromatic N) is 2. The summed E-state index contributed by atoms with van der Waals surface area (Å²) in [6.45, 7) is 2.28. The number of hydrogen-bond acceptors (Lipinski definition) is 4.